The molecule has 0 heterocycles. The third kappa shape index (κ3) is 3.60. The van der Waals surface area contributed by atoms with Gasteiger partial charge in [0.15, 0.2) is 0 Å². The van der Waals surface area contributed by atoms with E-state index in [2.05, 4.69) is 109 Å². The second-order valence-electron chi connectivity index (χ2n) is 6.56. The highest BCUT2D eigenvalue weighted by molar-refractivity contribution is 5.85. The third-order valence-electron chi connectivity index (χ3n) is 4.82. The molecule has 0 aromatic heterocycles. The summed E-state index contributed by atoms with van der Waals surface area (Å²) in [4.78, 5) is 0. The molecule has 26 heavy (non-hydrogen) atoms. The number of benzene rings is 4. The van der Waals surface area contributed by atoms with Crippen LogP contribution in [-0.2, 0) is 12.8 Å². The Balaban J connectivity index is 1.78. The van der Waals surface area contributed by atoms with Gasteiger partial charge in [-0.15, -0.1) is 0 Å². The molecule has 0 atom stereocenters. The van der Waals surface area contributed by atoms with Crippen LogP contribution < -0.4 is 0 Å². The molecule has 4 rings (SSSR count). The average Bonchev–Trinajstić information content (AvgIpc) is 2.74. The summed E-state index contributed by atoms with van der Waals surface area (Å²) in [6, 6.07) is 38.9. The van der Waals surface area contributed by atoms with Crippen molar-refractivity contribution in [2.24, 2.45) is 0 Å². The molecule has 0 nitrogen and oxygen atoms in total. The van der Waals surface area contributed by atoms with Gasteiger partial charge in [-0.2, -0.15) is 0 Å². The second kappa shape index (κ2) is 7.84. The Morgan fingerprint density at radius 2 is 1.00 bits per heavy atom. The first kappa shape index (κ1) is 16.4. The summed E-state index contributed by atoms with van der Waals surface area (Å²) in [7, 11) is 0. The minimum absolute atomic E-state index is 1.04. The van der Waals surface area contributed by atoms with Crippen LogP contribution >= 0.6 is 0 Å². The molecule has 126 valence electrons. The van der Waals surface area contributed by atoms with E-state index in [0.717, 1.165) is 12.8 Å². The van der Waals surface area contributed by atoms with Crippen LogP contribution in [0.2, 0.25) is 0 Å². The molecule has 4 aromatic rings. The minimum Gasteiger partial charge on any atom is -0.0622 e. The molecule has 0 aliphatic heterocycles. The average molecular weight is 334 g/mol. The maximum absolute atomic E-state index is 2.28. The van der Waals surface area contributed by atoms with Gasteiger partial charge in [-0.25, -0.2) is 0 Å². The fourth-order valence-electron chi connectivity index (χ4n) is 3.54. The first-order valence-corrected chi connectivity index (χ1v) is 9.18. The predicted molar refractivity (Wildman–Crippen MR) is 111 cm³/mol. The van der Waals surface area contributed by atoms with Gasteiger partial charge in [-0.1, -0.05) is 109 Å². The van der Waals surface area contributed by atoms with E-state index in [0.29, 0.717) is 0 Å². The molecule has 0 amide bonds. The van der Waals surface area contributed by atoms with Gasteiger partial charge in [0.2, 0.25) is 0 Å². The Kier molecular flexibility index (Phi) is 4.93. The van der Waals surface area contributed by atoms with Crippen molar-refractivity contribution < 1.29 is 0 Å². The van der Waals surface area contributed by atoms with Gasteiger partial charge >= 0.3 is 0 Å². The van der Waals surface area contributed by atoms with Crippen molar-refractivity contribution in [2.75, 3.05) is 0 Å². The van der Waals surface area contributed by atoms with Gasteiger partial charge in [0.25, 0.3) is 0 Å². The van der Waals surface area contributed by atoms with E-state index in [-0.39, 0.29) is 0 Å². The first-order valence-electron chi connectivity index (χ1n) is 9.18. The highest BCUT2D eigenvalue weighted by Gasteiger charge is 2.12. The van der Waals surface area contributed by atoms with E-state index in [1.807, 2.05) is 0 Å². The zero-order valence-corrected chi connectivity index (χ0v) is 14.8. The van der Waals surface area contributed by atoms with Crippen molar-refractivity contribution in [3.05, 3.63) is 120 Å². The van der Waals surface area contributed by atoms with Crippen LogP contribution in [-0.4, -0.2) is 0 Å². The van der Waals surface area contributed by atoms with Crippen molar-refractivity contribution in [3.8, 4) is 22.3 Å². The summed E-state index contributed by atoms with van der Waals surface area (Å²) in [5, 5.41) is 0. The van der Waals surface area contributed by atoms with Gasteiger partial charge < -0.3 is 0 Å². The molecule has 0 aliphatic rings. The summed E-state index contributed by atoms with van der Waals surface area (Å²) < 4.78 is 0. The predicted octanol–water partition coefficient (Wildman–Crippen LogP) is 6.81. The molecule has 0 N–H and O–H groups in total. The lowest BCUT2D eigenvalue weighted by atomic mass is 9.88. The molecule has 0 unspecified atom stereocenters. The quantitative estimate of drug-likeness (QED) is 0.376. The maximum Gasteiger partial charge on any atom is -0.00732 e. The smallest absolute Gasteiger partial charge is 0.00732 e. The summed E-state index contributed by atoms with van der Waals surface area (Å²) in [5.41, 5.74) is 8.01. The molecule has 0 bridgehead atoms. The van der Waals surface area contributed by atoms with Crippen molar-refractivity contribution in [3.63, 3.8) is 0 Å². The van der Waals surface area contributed by atoms with E-state index in [4.69, 9.17) is 0 Å². The monoisotopic (exact) mass is 334 g/mol. The van der Waals surface area contributed by atoms with Crippen LogP contribution in [0.1, 0.15) is 11.1 Å². The summed E-state index contributed by atoms with van der Waals surface area (Å²) in [6.07, 6.45) is 2.09. The summed E-state index contributed by atoms with van der Waals surface area (Å²) in [6.45, 7) is 0. The topological polar surface area (TPSA) is 0 Å². The molecule has 0 spiro atoms. The van der Waals surface area contributed by atoms with Crippen LogP contribution in [0, 0.1) is 0 Å². The highest BCUT2D eigenvalue weighted by Crippen LogP contribution is 2.35. The van der Waals surface area contributed by atoms with E-state index in [1.165, 1.54) is 33.4 Å². The van der Waals surface area contributed by atoms with Crippen molar-refractivity contribution >= 4 is 0 Å². The minimum atomic E-state index is 1.04. The first-order chi connectivity index (χ1) is 12.9. The lowest BCUT2D eigenvalue weighted by Crippen LogP contribution is -1.97. The maximum atomic E-state index is 2.28. The number of hydrogen-bond donors (Lipinski definition) is 0. The Bertz CT molecular complexity index is 955. The molecule has 0 fully saturated rings. The van der Waals surface area contributed by atoms with Gasteiger partial charge in [-0.05, 0) is 46.2 Å². The fourth-order valence-corrected chi connectivity index (χ4v) is 3.54. The molecule has 0 saturated heterocycles. The van der Waals surface area contributed by atoms with Gasteiger partial charge in [-0.3, -0.25) is 0 Å². The molecular formula is C26H22. The van der Waals surface area contributed by atoms with E-state index in [1.54, 1.807) is 0 Å². The number of aryl methyl sites for hydroxylation is 2. The van der Waals surface area contributed by atoms with Crippen LogP contribution in [0.25, 0.3) is 22.3 Å². The lowest BCUT2D eigenvalue weighted by Gasteiger charge is -2.16. The number of hydrogen-bond acceptors (Lipinski definition) is 0. The number of rotatable bonds is 5. The Hall–Kier alpha value is -3.12. The molecule has 0 heteroatoms. The van der Waals surface area contributed by atoms with E-state index >= 15 is 0 Å². The van der Waals surface area contributed by atoms with Gasteiger partial charge in [0.1, 0.15) is 0 Å². The van der Waals surface area contributed by atoms with Crippen LogP contribution in [0.3, 0.4) is 0 Å². The van der Waals surface area contributed by atoms with Gasteiger partial charge in [0.05, 0.1) is 0 Å². The Morgan fingerprint density at radius 1 is 0.423 bits per heavy atom. The Labute approximate surface area is 155 Å². The van der Waals surface area contributed by atoms with Gasteiger partial charge in [0, 0.05) is 0 Å². The highest BCUT2D eigenvalue weighted by atomic mass is 14.2. The van der Waals surface area contributed by atoms with Crippen LogP contribution in [0.15, 0.2) is 109 Å². The zero-order chi connectivity index (χ0) is 17.6. The largest absolute Gasteiger partial charge is 0.0622 e. The van der Waals surface area contributed by atoms with E-state index < -0.39 is 0 Å². The van der Waals surface area contributed by atoms with Crippen LogP contribution in [0.4, 0.5) is 0 Å². The van der Waals surface area contributed by atoms with Crippen LogP contribution in [0.5, 0.6) is 0 Å². The zero-order valence-electron chi connectivity index (χ0n) is 14.8. The second-order valence-corrected chi connectivity index (χ2v) is 6.56. The summed E-state index contributed by atoms with van der Waals surface area (Å²) >= 11 is 0. The van der Waals surface area contributed by atoms with Crippen molar-refractivity contribution in [1.82, 2.24) is 0 Å². The lowest BCUT2D eigenvalue weighted by molar-refractivity contribution is 0.962. The SMILES string of the molecule is c1ccc(CCc2cccc(-c3ccccc3)c2-c2ccccc2)cc1. The Morgan fingerprint density at radius 3 is 1.65 bits per heavy atom. The molecule has 4 aromatic carbocycles. The van der Waals surface area contributed by atoms with Crippen molar-refractivity contribution in [2.45, 2.75) is 12.8 Å². The third-order valence-corrected chi connectivity index (χ3v) is 4.82. The van der Waals surface area contributed by atoms with Crippen molar-refractivity contribution in [1.29, 1.82) is 0 Å². The summed E-state index contributed by atoms with van der Waals surface area (Å²) in [5.74, 6) is 0. The standard InChI is InChI=1S/C26H22/c1-4-11-21(12-5-1)19-20-24-17-10-18-25(22-13-6-2-7-14-22)26(24)23-15-8-3-9-16-23/h1-18H,19-20H2. The molecule has 0 radical (unpaired) electrons. The normalized spacial score (nSPS) is 10.6. The molecule has 0 aliphatic carbocycles. The molecular weight excluding hydrogens is 312 g/mol. The fraction of sp³-hybridized carbons (Fsp3) is 0.0769. The van der Waals surface area contributed by atoms with E-state index in [9.17, 15) is 0 Å². The molecule has 0 saturated carbocycles.